The second-order valence-corrected chi connectivity index (χ2v) is 6.62. The zero-order chi connectivity index (χ0) is 16.0. The molecule has 2 N–H and O–H groups in total. The highest BCUT2D eigenvalue weighted by Gasteiger charge is 2.43. The molecule has 1 aliphatic heterocycles. The van der Waals surface area contributed by atoms with Crippen molar-refractivity contribution in [1.29, 1.82) is 0 Å². The van der Waals surface area contributed by atoms with Crippen LogP contribution in [0.25, 0.3) is 10.8 Å². The molecule has 0 aliphatic carbocycles. The van der Waals surface area contributed by atoms with Crippen LogP contribution in [0.2, 0.25) is 0 Å². The molecule has 4 rings (SSSR count). The first kappa shape index (κ1) is 14.4. The lowest BCUT2D eigenvalue weighted by atomic mass is 9.83. The molecule has 0 atom stereocenters. The molecule has 23 heavy (non-hydrogen) atoms. The van der Waals surface area contributed by atoms with E-state index in [-0.39, 0.29) is 0 Å². The lowest BCUT2D eigenvalue weighted by molar-refractivity contribution is -0.107. The van der Waals surface area contributed by atoms with Gasteiger partial charge in [0.2, 0.25) is 0 Å². The molecule has 0 spiro atoms. The van der Waals surface area contributed by atoms with Crippen LogP contribution in [0, 0.1) is 13.8 Å². The molecule has 1 aromatic heterocycles. The Morgan fingerprint density at radius 1 is 1.13 bits per heavy atom. The molecule has 118 valence electrons. The van der Waals surface area contributed by atoms with Crippen LogP contribution in [0.1, 0.15) is 22.5 Å². The number of nitrogens with zero attached hydrogens (tertiary/aromatic N) is 2. The van der Waals surface area contributed by atoms with E-state index in [4.69, 9.17) is 0 Å². The van der Waals surface area contributed by atoms with Gasteiger partial charge in [-0.25, -0.2) is 0 Å². The van der Waals surface area contributed by atoms with Gasteiger partial charge in [-0.15, -0.1) is 0 Å². The van der Waals surface area contributed by atoms with Gasteiger partial charge in [-0.05, 0) is 30.2 Å². The summed E-state index contributed by atoms with van der Waals surface area (Å²) in [5.41, 5.74) is 3.68. The summed E-state index contributed by atoms with van der Waals surface area (Å²) in [4.78, 5) is 2.27. The van der Waals surface area contributed by atoms with Crippen molar-refractivity contribution in [3.8, 4) is 0 Å². The van der Waals surface area contributed by atoms with Gasteiger partial charge in [0, 0.05) is 30.9 Å². The van der Waals surface area contributed by atoms with E-state index in [0.717, 1.165) is 28.9 Å². The number of nitrogens with one attached hydrogen (secondary N) is 1. The van der Waals surface area contributed by atoms with E-state index in [0.29, 0.717) is 13.1 Å². The van der Waals surface area contributed by atoms with Crippen molar-refractivity contribution in [2.24, 2.45) is 0 Å². The number of fused-ring (bicyclic) bond motifs is 1. The van der Waals surface area contributed by atoms with Crippen LogP contribution in [0.3, 0.4) is 0 Å². The molecule has 4 heteroatoms. The van der Waals surface area contributed by atoms with E-state index in [1.165, 1.54) is 10.9 Å². The number of rotatable bonds is 3. The van der Waals surface area contributed by atoms with Crippen LogP contribution in [0.4, 0.5) is 0 Å². The molecule has 0 radical (unpaired) electrons. The molecule has 1 fully saturated rings. The number of aromatic amines is 1. The van der Waals surface area contributed by atoms with E-state index in [9.17, 15) is 5.11 Å². The molecule has 2 aromatic carbocycles. The number of hydrogen-bond donors (Lipinski definition) is 2. The summed E-state index contributed by atoms with van der Waals surface area (Å²) < 4.78 is 0. The quantitative estimate of drug-likeness (QED) is 0.782. The highest BCUT2D eigenvalue weighted by Crippen LogP contribution is 2.37. The number of aryl methyl sites for hydroxylation is 2. The van der Waals surface area contributed by atoms with Crippen molar-refractivity contribution in [2.75, 3.05) is 13.1 Å². The lowest BCUT2D eigenvalue weighted by Crippen LogP contribution is -2.58. The smallest absolute Gasteiger partial charge is 0.115 e. The van der Waals surface area contributed by atoms with E-state index in [1.54, 1.807) is 0 Å². The third-order valence-corrected chi connectivity index (χ3v) is 4.92. The fourth-order valence-electron chi connectivity index (χ4n) is 3.64. The van der Waals surface area contributed by atoms with Gasteiger partial charge in [0.25, 0.3) is 0 Å². The van der Waals surface area contributed by atoms with Gasteiger partial charge in [0.1, 0.15) is 5.60 Å². The van der Waals surface area contributed by atoms with Gasteiger partial charge in [-0.2, -0.15) is 5.10 Å². The molecular weight excluding hydrogens is 286 g/mol. The van der Waals surface area contributed by atoms with Gasteiger partial charge in [0.05, 0.1) is 5.69 Å². The van der Waals surface area contributed by atoms with Gasteiger partial charge >= 0.3 is 0 Å². The fourth-order valence-corrected chi connectivity index (χ4v) is 3.64. The Morgan fingerprint density at radius 2 is 1.87 bits per heavy atom. The van der Waals surface area contributed by atoms with E-state index in [1.807, 2.05) is 38.1 Å². The molecule has 1 saturated heterocycles. The molecule has 3 aromatic rings. The zero-order valence-electron chi connectivity index (χ0n) is 13.5. The first-order valence-electron chi connectivity index (χ1n) is 8.00. The Kier molecular flexibility index (Phi) is 3.25. The summed E-state index contributed by atoms with van der Waals surface area (Å²) in [7, 11) is 0. The van der Waals surface area contributed by atoms with Crippen molar-refractivity contribution >= 4 is 10.8 Å². The van der Waals surface area contributed by atoms with Gasteiger partial charge in [0.15, 0.2) is 0 Å². The van der Waals surface area contributed by atoms with Crippen LogP contribution < -0.4 is 0 Å². The van der Waals surface area contributed by atoms with Crippen molar-refractivity contribution < 1.29 is 5.11 Å². The predicted molar refractivity (Wildman–Crippen MR) is 91.2 cm³/mol. The topological polar surface area (TPSA) is 52.2 Å². The molecular formula is C19H21N3O. The van der Waals surface area contributed by atoms with E-state index >= 15 is 0 Å². The summed E-state index contributed by atoms with van der Waals surface area (Å²) >= 11 is 0. The molecule has 0 saturated carbocycles. The van der Waals surface area contributed by atoms with Crippen LogP contribution >= 0.6 is 0 Å². The Hall–Kier alpha value is -2.17. The highest BCUT2D eigenvalue weighted by molar-refractivity contribution is 5.86. The largest absolute Gasteiger partial charge is 0.382 e. The first-order chi connectivity index (χ1) is 11.1. The van der Waals surface area contributed by atoms with E-state index < -0.39 is 5.60 Å². The Labute approximate surface area is 135 Å². The Balaban J connectivity index is 1.57. The third kappa shape index (κ3) is 2.35. The summed E-state index contributed by atoms with van der Waals surface area (Å²) in [5, 5.41) is 20.7. The molecule has 0 amide bonds. The normalized spacial score (nSPS) is 17.3. The maximum Gasteiger partial charge on any atom is 0.115 e. The highest BCUT2D eigenvalue weighted by atomic mass is 16.3. The maximum absolute atomic E-state index is 11.1. The molecule has 2 heterocycles. The number of H-pyrrole nitrogens is 1. The summed E-state index contributed by atoms with van der Waals surface area (Å²) in [6.07, 6.45) is 0. The SMILES string of the molecule is Cc1n[nH]c(C)c1CN1CC(O)(c2cccc3ccccc23)C1. The summed E-state index contributed by atoms with van der Waals surface area (Å²) in [6.45, 7) is 6.22. The van der Waals surface area contributed by atoms with Crippen LogP contribution in [0.15, 0.2) is 42.5 Å². The van der Waals surface area contributed by atoms with Crippen molar-refractivity contribution in [2.45, 2.75) is 26.0 Å². The lowest BCUT2D eigenvalue weighted by Gasteiger charge is -2.47. The third-order valence-electron chi connectivity index (χ3n) is 4.92. The number of β-amino-alcohol motifs (C(OH)–C–C–N with tert-alkyl or cyclic N) is 1. The average Bonchev–Trinajstić information content (AvgIpc) is 2.84. The average molecular weight is 307 g/mol. The molecule has 0 bridgehead atoms. The summed E-state index contributed by atoms with van der Waals surface area (Å²) in [5.74, 6) is 0. The van der Waals surface area contributed by atoms with Gasteiger partial charge in [-0.3, -0.25) is 10.00 Å². The fraction of sp³-hybridized carbons (Fsp3) is 0.316. The minimum absolute atomic E-state index is 0.658. The first-order valence-corrected chi connectivity index (χ1v) is 8.00. The van der Waals surface area contributed by atoms with Crippen molar-refractivity contribution in [1.82, 2.24) is 15.1 Å². The molecule has 1 aliphatic rings. The molecule has 0 unspecified atom stereocenters. The molecule has 4 nitrogen and oxygen atoms in total. The second-order valence-electron chi connectivity index (χ2n) is 6.62. The zero-order valence-corrected chi connectivity index (χ0v) is 13.5. The second kappa shape index (κ2) is 5.18. The van der Waals surface area contributed by atoms with Crippen molar-refractivity contribution in [3.63, 3.8) is 0 Å². The number of likely N-dealkylation sites (tertiary alicyclic amines) is 1. The maximum atomic E-state index is 11.1. The number of benzene rings is 2. The van der Waals surface area contributed by atoms with E-state index in [2.05, 4.69) is 33.3 Å². The monoisotopic (exact) mass is 307 g/mol. The predicted octanol–water partition coefficient (Wildman–Crippen LogP) is 2.88. The summed E-state index contributed by atoms with van der Waals surface area (Å²) in [6, 6.07) is 14.4. The Bertz CT molecular complexity index is 837. The van der Waals surface area contributed by atoms with Crippen LogP contribution in [-0.4, -0.2) is 33.3 Å². The number of hydrogen-bond acceptors (Lipinski definition) is 3. The number of aliphatic hydroxyl groups is 1. The Morgan fingerprint density at radius 3 is 2.61 bits per heavy atom. The van der Waals surface area contributed by atoms with Crippen molar-refractivity contribution in [3.05, 3.63) is 65.0 Å². The van der Waals surface area contributed by atoms with Gasteiger partial charge in [-0.1, -0.05) is 42.5 Å². The minimum Gasteiger partial charge on any atom is -0.382 e. The van der Waals surface area contributed by atoms with Gasteiger partial charge < -0.3 is 5.11 Å². The number of aromatic nitrogens is 2. The standard InChI is InChI=1S/C19H21N3O/c1-13-17(14(2)21-20-13)10-22-11-19(23,12-22)18-9-5-7-15-6-3-4-8-16(15)18/h3-9,23H,10-12H2,1-2H3,(H,20,21). The van der Waals surface area contributed by atoms with Crippen LogP contribution in [-0.2, 0) is 12.1 Å². The van der Waals surface area contributed by atoms with Crippen LogP contribution in [0.5, 0.6) is 0 Å². The minimum atomic E-state index is -0.758.